The van der Waals surface area contributed by atoms with Crippen molar-refractivity contribution < 1.29 is 47.7 Å². The summed E-state index contributed by atoms with van der Waals surface area (Å²) in [6.07, 6.45) is 5.67. The molecule has 0 atom stereocenters. The Bertz CT molecular complexity index is 2540. The van der Waals surface area contributed by atoms with E-state index in [9.17, 15) is 19.2 Å². The lowest BCUT2D eigenvalue weighted by atomic mass is 9.70. The summed E-state index contributed by atoms with van der Waals surface area (Å²) in [7, 11) is 3.40. The van der Waals surface area contributed by atoms with Crippen molar-refractivity contribution >= 4 is 23.7 Å². The summed E-state index contributed by atoms with van der Waals surface area (Å²) in [5, 5.41) is 3.29. The zero-order valence-electron chi connectivity index (χ0n) is 39.3. The summed E-state index contributed by atoms with van der Waals surface area (Å²) in [5.74, 6) is -1.44. The summed E-state index contributed by atoms with van der Waals surface area (Å²) in [5.41, 5.74) is 15.1. The van der Waals surface area contributed by atoms with Crippen LogP contribution in [0, 0.1) is 0 Å². The van der Waals surface area contributed by atoms with Crippen molar-refractivity contribution in [2.24, 2.45) is 0 Å². The minimum absolute atomic E-state index is 0.0187. The second kappa shape index (κ2) is 23.2. The number of benzene rings is 5. The Hall–Kier alpha value is -6.18. The first-order chi connectivity index (χ1) is 33.3. The fourth-order valence-corrected chi connectivity index (χ4v) is 9.78. The lowest BCUT2D eigenvalue weighted by Gasteiger charge is -2.33. The molecule has 0 aromatic heterocycles. The smallest absolute Gasteiger partial charge is 0.333 e. The van der Waals surface area contributed by atoms with E-state index in [1.807, 2.05) is 12.1 Å². The summed E-state index contributed by atoms with van der Waals surface area (Å²) in [4.78, 5) is 52.4. The van der Waals surface area contributed by atoms with Gasteiger partial charge in [-0.05, 0) is 136 Å². The first kappa shape index (κ1) is 48.3. The molecule has 12 heteroatoms. The largest absolute Gasteiger partial charge is 0.494 e. The van der Waals surface area contributed by atoms with Gasteiger partial charge in [0.15, 0.2) is 0 Å². The van der Waals surface area contributed by atoms with E-state index < -0.39 is 17.8 Å². The molecule has 0 radical (unpaired) electrons. The zero-order valence-corrected chi connectivity index (χ0v) is 39.3. The molecule has 0 saturated carbocycles. The maximum atomic E-state index is 12.3. The van der Waals surface area contributed by atoms with E-state index in [0.717, 1.165) is 49.0 Å². The van der Waals surface area contributed by atoms with Crippen LogP contribution in [-0.2, 0) is 54.8 Å². The molecule has 3 amide bonds. The highest BCUT2D eigenvalue weighted by Gasteiger charge is 2.43. The number of hydroxylamine groups is 2. The minimum atomic E-state index is -0.795. The Morgan fingerprint density at radius 2 is 1.15 bits per heavy atom. The molecule has 356 valence electrons. The molecule has 5 aromatic rings. The molecule has 2 aliphatic carbocycles. The van der Waals surface area contributed by atoms with Gasteiger partial charge in [-0.1, -0.05) is 78.9 Å². The topological polar surface area (TPSA) is 139 Å². The van der Waals surface area contributed by atoms with Crippen LogP contribution in [0.4, 0.5) is 0 Å². The molecular formula is C56H62N2O10. The van der Waals surface area contributed by atoms with Crippen molar-refractivity contribution in [3.63, 3.8) is 0 Å². The van der Waals surface area contributed by atoms with Gasteiger partial charge in [0.05, 0.1) is 39.5 Å². The van der Waals surface area contributed by atoms with E-state index in [0.29, 0.717) is 70.7 Å². The molecule has 1 fully saturated rings. The lowest BCUT2D eigenvalue weighted by molar-refractivity contribution is -0.197. The normalized spacial score (nSPS) is 14.1. The number of fused-ring (bicyclic) bond motifs is 6. The van der Waals surface area contributed by atoms with Crippen LogP contribution < -0.4 is 10.1 Å². The molecule has 1 aliphatic heterocycles. The Labute approximate surface area is 399 Å². The molecule has 1 saturated heterocycles. The van der Waals surface area contributed by atoms with Gasteiger partial charge in [0.1, 0.15) is 5.75 Å². The maximum Gasteiger partial charge on any atom is 0.333 e. The highest BCUT2D eigenvalue weighted by atomic mass is 16.7. The van der Waals surface area contributed by atoms with Gasteiger partial charge >= 0.3 is 5.97 Å². The van der Waals surface area contributed by atoms with Gasteiger partial charge in [-0.2, -0.15) is 0 Å². The van der Waals surface area contributed by atoms with E-state index in [-0.39, 0.29) is 37.0 Å². The summed E-state index contributed by atoms with van der Waals surface area (Å²) in [6.45, 7) is 4.46. The van der Waals surface area contributed by atoms with Crippen LogP contribution in [0.1, 0.15) is 86.5 Å². The van der Waals surface area contributed by atoms with Crippen molar-refractivity contribution in [2.75, 3.05) is 67.0 Å². The van der Waals surface area contributed by atoms with Crippen LogP contribution in [0.25, 0.3) is 44.5 Å². The third-order valence-electron chi connectivity index (χ3n) is 13.2. The molecule has 0 unspecified atom stereocenters. The summed E-state index contributed by atoms with van der Waals surface area (Å²) in [6, 6.07) is 38.0. The van der Waals surface area contributed by atoms with Gasteiger partial charge in [0, 0.05) is 58.7 Å². The lowest BCUT2D eigenvalue weighted by Crippen LogP contribution is -2.32. The van der Waals surface area contributed by atoms with Crippen LogP contribution in [-0.4, -0.2) is 95.8 Å². The van der Waals surface area contributed by atoms with Crippen LogP contribution in [0.15, 0.2) is 103 Å². The summed E-state index contributed by atoms with van der Waals surface area (Å²) >= 11 is 0. The van der Waals surface area contributed by atoms with Gasteiger partial charge in [-0.15, -0.1) is 5.06 Å². The number of hydrogen-bond donors (Lipinski definition) is 1. The van der Waals surface area contributed by atoms with Crippen molar-refractivity contribution in [1.29, 1.82) is 0 Å². The Morgan fingerprint density at radius 3 is 1.79 bits per heavy atom. The highest BCUT2D eigenvalue weighted by molar-refractivity contribution is 6.01. The SMILES string of the molecule is COCCOCCCC1(CCCOCCOC)c2cc(-c3ccc(OCCCCNC(=O)CCC(=O)ON4C(=O)CCC4=O)cc3)ccc2-c2ccc(-c3ccc4c(c3)Cc3ccccc3-4)cc21. The van der Waals surface area contributed by atoms with Crippen molar-refractivity contribution in [3.05, 3.63) is 125 Å². The monoisotopic (exact) mass is 922 g/mol. The predicted molar refractivity (Wildman–Crippen MR) is 260 cm³/mol. The highest BCUT2D eigenvalue weighted by Crippen LogP contribution is 2.55. The molecule has 3 aliphatic rings. The minimum Gasteiger partial charge on any atom is -0.494 e. The van der Waals surface area contributed by atoms with Gasteiger partial charge < -0.3 is 33.8 Å². The van der Waals surface area contributed by atoms with Crippen LogP contribution in [0.3, 0.4) is 0 Å². The average Bonchev–Trinajstić information content (AvgIpc) is 3.98. The van der Waals surface area contributed by atoms with E-state index in [4.69, 9.17) is 28.5 Å². The quantitative estimate of drug-likeness (QED) is 0.0414. The first-order valence-electron chi connectivity index (χ1n) is 24.0. The van der Waals surface area contributed by atoms with E-state index in [1.165, 1.54) is 55.6 Å². The van der Waals surface area contributed by atoms with Crippen molar-refractivity contribution in [2.45, 2.75) is 76.0 Å². The second-order valence-electron chi connectivity index (χ2n) is 17.7. The summed E-state index contributed by atoms with van der Waals surface area (Å²) < 4.78 is 28.8. The Kier molecular flexibility index (Phi) is 16.5. The fourth-order valence-electron chi connectivity index (χ4n) is 9.78. The van der Waals surface area contributed by atoms with E-state index in [2.05, 4.69) is 96.3 Å². The molecule has 0 bridgehead atoms. The van der Waals surface area contributed by atoms with Crippen molar-refractivity contribution in [1.82, 2.24) is 10.4 Å². The Balaban J connectivity index is 0.947. The first-order valence-corrected chi connectivity index (χ1v) is 24.0. The zero-order chi connectivity index (χ0) is 47.3. The predicted octanol–water partition coefficient (Wildman–Crippen LogP) is 9.41. The average molecular weight is 923 g/mol. The molecule has 1 heterocycles. The molecule has 1 N–H and O–H groups in total. The van der Waals surface area contributed by atoms with Crippen LogP contribution in [0.5, 0.6) is 5.75 Å². The van der Waals surface area contributed by atoms with Crippen molar-refractivity contribution in [3.8, 4) is 50.3 Å². The second-order valence-corrected chi connectivity index (χ2v) is 17.7. The van der Waals surface area contributed by atoms with Gasteiger partial charge in [-0.3, -0.25) is 14.4 Å². The maximum absolute atomic E-state index is 12.3. The Morgan fingerprint density at radius 1 is 0.574 bits per heavy atom. The standard InChI is InChI=1S/C56H62N2O10/c1-63-31-33-65-28-7-25-56(26-8-29-66-34-32-64-2)50-37-41(14-19-48(50)49-20-15-42(38-51(49)56)40-13-18-47-44(35-40)36-43-9-3-4-10-46(43)47)39-11-16-45(17-12-39)67-30-6-5-27-57-52(59)21-24-55(62)68-58-53(60)22-23-54(58)61/h3-4,9-20,35,37-38H,5-8,21-34,36H2,1-2H3,(H,57,59). The number of imide groups is 1. The molecule has 8 rings (SSSR count). The number of methoxy groups -OCH3 is 2. The van der Waals surface area contributed by atoms with Crippen LogP contribution >= 0.6 is 0 Å². The molecular weight excluding hydrogens is 861 g/mol. The fraction of sp³-hybridized carbons (Fsp3) is 0.393. The van der Waals surface area contributed by atoms with Gasteiger partial charge in [-0.25, -0.2) is 4.79 Å². The van der Waals surface area contributed by atoms with Crippen LogP contribution in [0.2, 0.25) is 0 Å². The van der Waals surface area contributed by atoms with E-state index in [1.54, 1.807) is 14.2 Å². The number of nitrogens with one attached hydrogen (secondary N) is 1. The number of unbranched alkanes of at least 4 members (excludes halogenated alkanes) is 1. The number of ether oxygens (including phenoxy) is 5. The third kappa shape index (κ3) is 11.4. The van der Waals surface area contributed by atoms with E-state index >= 15 is 0 Å². The third-order valence-corrected chi connectivity index (χ3v) is 13.2. The number of hydrogen-bond acceptors (Lipinski definition) is 10. The number of nitrogens with zero attached hydrogens (tertiary/aromatic N) is 1. The number of carbonyl (C=O) groups excluding carboxylic acids is 4. The van der Waals surface area contributed by atoms with Gasteiger partial charge in [0.2, 0.25) is 5.91 Å². The molecule has 5 aromatic carbocycles. The van der Waals surface area contributed by atoms with Gasteiger partial charge in [0.25, 0.3) is 11.8 Å². The number of amides is 3. The molecule has 68 heavy (non-hydrogen) atoms. The number of rotatable bonds is 26. The molecule has 0 spiro atoms. The molecule has 12 nitrogen and oxygen atoms in total. The number of carbonyl (C=O) groups is 4.